The van der Waals surface area contributed by atoms with Crippen LogP contribution in [0.3, 0.4) is 0 Å². The third-order valence-corrected chi connectivity index (χ3v) is 1.12. The Labute approximate surface area is 80.4 Å². The molecule has 0 aliphatic carbocycles. The summed E-state index contributed by atoms with van der Waals surface area (Å²) in [4.78, 5) is 31.4. The minimum atomic E-state index is -4.75. The summed E-state index contributed by atoms with van der Waals surface area (Å²) in [5, 5.41) is 0. The summed E-state index contributed by atoms with van der Waals surface area (Å²) >= 11 is 0. The molecule has 0 aromatic heterocycles. The fourth-order valence-corrected chi connectivity index (χ4v) is 0.716. The average Bonchev–Trinajstić information content (AvgIpc) is 1.99. The van der Waals surface area contributed by atoms with Crippen LogP contribution in [0.1, 0.15) is 13.8 Å². The van der Waals surface area contributed by atoms with Crippen LogP contribution in [0.4, 0.5) is 0 Å². The van der Waals surface area contributed by atoms with Gasteiger partial charge in [0.25, 0.3) is 0 Å². The van der Waals surface area contributed by atoms with E-state index >= 15 is 0 Å². The molecule has 8 heteroatoms. The SMILES string of the molecule is C=CC(=O)OC(C)(C)OOP(=O)(O)O. The fourth-order valence-electron chi connectivity index (χ4n) is 0.439. The van der Waals surface area contributed by atoms with Gasteiger partial charge in [-0.2, -0.15) is 4.89 Å². The second kappa shape index (κ2) is 4.68. The highest BCUT2D eigenvalue weighted by Crippen LogP contribution is 2.37. The zero-order chi connectivity index (χ0) is 11.4. The van der Waals surface area contributed by atoms with Crippen LogP contribution in [0.15, 0.2) is 12.7 Å². The summed E-state index contributed by atoms with van der Waals surface area (Å²) < 4.78 is 18.4. The Bertz CT molecular complexity index is 265. The molecule has 0 radical (unpaired) electrons. The Morgan fingerprint density at radius 1 is 1.50 bits per heavy atom. The molecule has 0 saturated heterocycles. The van der Waals surface area contributed by atoms with Gasteiger partial charge in [-0.05, 0) is 0 Å². The molecular weight excluding hydrogens is 215 g/mol. The van der Waals surface area contributed by atoms with Gasteiger partial charge >= 0.3 is 13.8 Å². The molecule has 0 aliphatic rings. The number of esters is 1. The minimum absolute atomic E-state index is 0.802. The van der Waals surface area contributed by atoms with E-state index in [1.165, 1.54) is 13.8 Å². The molecule has 0 aromatic carbocycles. The van der Waals surface area contributed by atoms with E-state index in [1.807, 2.05) is 0 Å². The van der Waals surface area contributed by atoms with Crippen LogP contribution in [-0.2, 0) is 23.7 Å². The van der Waals surface area contributed by atoms with Gasteiger partial charge in [0.15, 0.2) is 0 Å². The van der Waals surface area contributed by atoms with Gasteiger partial charge in [0.05, 0.1) is 0 Å². The summed E-state index contributed by atoms with van der Waals surface area (Å²) in [7, 11) is -4.75. The van der Waals surface area contributed by atoms with Crippen LogP contribution in [-0.4, -0.2) is 21.5 Å². The van der Waals surface area contributed by atoms with E-state index < -0.39 is 19.6 Å². The first-order valence-electron chi connectivity index (χ1n) is 3.45. The maximum Gasteiger partial charge on any atom is 0.497 e. The normalized spacial score (nSPS) is 12.3. The summed E-state index contributed by atoms with van der Waals surface area (Å²) in [6.07, 6.45) is 0.878. The minimum Gasteiger partial charge on any atom is -0.428 e. The molecule has 0 atom stereocenters. The lowest BCUT2D eigenvalue weighted by Gasteiger charge is -2.22. The average molecular weight is 226 g/mol. The van der Waals surface area contributed by atoms with Crippen molar-refractivity contribution in [3.05, 3.63) is 12.7 Å². The highest BCUT2D eigenvalue weighted by atomic mass is 31.2. The Morgan fingerprint density at radius 2 is 2.00 bits per heavy atom. The van der Waals surface area contributed by atoms with Crippen LogP contribution in [0.25, 0.3) is 0 Å². The van der Waals surface area contributed by atoms with Gasteiger partial charge in [-0.25, -0.2) is 9.36 Å². The van der Waals surface area contributed by atoms with Gasteiger partial charge in [0.2, 0.25) is 5.79 Å². The number of carbonyl (C=O) groups is 1. The fraction of sp³-hybridized carbons (Fsp3) is 0.500. The largest absolute Gasteiger partial charge is 0.497 e. The van der Waals surface area contributed by atoms with Crippen molar-refractivity contribution in [1.29, 1.82) is 0 Å². The Kier molecular flexibility index (Phi) is 4.44. The molecule has 0 aliphatic heterocycles. The van der Waals surface area contributed by atoms with Crippen LogP contribution in [0.2, 0.25) is 0 Å². The lowest BCUT2D eigenvalue weighted by molar-refractivity contribution is -0.361. The highest BCUT2D eigenvalue weighted by molar-refractivity contribution is 7.46. The first kappa shape index (κ1) is 13.3. The smallest absolute Gasteiger partial charge is 0.428 e. The van der Waals surface area contributed by atoms with Crippen LogP contribution >= 0.6 is 7.82 Å². The Morgan fingerprint density at radius 3 is 2.36 bits per heavy atom. The molecular formula is C6H11O7P. The van der Waals surface area contributed by atoms with E-state index in [1.54, 1.807) is 0 Å². The lowest BCUT2D eigenvalue weighted by Crippen LogP contribution is -2.30. The van der Waals surface area contributed by atoms with Gasteiger partial charge in [0.1, 0.15) is 0 Å². The van der Waals surface area contributed by atoms with Crippen LogP contribution in [0.5, 0.6) is 0 Å². The van der Waals surface area contributed by atoms with Gasteiger partial charge < -0.3 is 14.5 Å². The predicted octanol–water partition coefficient (Wildman–Crippen LogP) is 0.493. The van der Waals surface area contributed by atoms with Gasteiger partial charge in [0, 0.05) is 19.9 Å². The second-order valence-corrected chi connectivity index (χ2v) is 3.80. The quantitative estimate of drug-likeness (QED) is 0.175. The van der Waals surface area contributed by atoms with Crippen LogP contribution in [0, 0.1) is 0 Å². The standard InChI is InChI=1S/C6H11O7P/c1-4-5(7)11-6(2,3)12-13-14(8,9)10/h4H,1H2,2-3H3,(H2,8,9,10). The van der Waals surface area contributed by atoms with Gasteiger partial charge in [-0.3, -0.25) is 0 Å². The van der Waals surface area contributed by atoms with Crippen molar-refractivity contribution in [2.45, 2.75) is 19.6 Å². The Balaban J connectivity index is 4.14. The first-order chi connectivity index (χ1) is 6.16. The van der Waals surface area contributed by atoms with Gasteiger partial charge in [-0.15, -0.1) is 4.67 Å². The van der Waals surface area contributed by atoms with E-state index in [9.17, 15) is 9.36 Å². The molecule has 0 rings (SSSR count). The van der Waals surface area contributed by atoms with E-state index in [0.29, 0.717) is 0 Å². The van der Waals surface area contributed by atoms with Gasteiger partial charge in [-0.1, -0.05) is 6.58 Å². The third-order valence-electron chi connectivity index (χ3n) is 0.848. The first-order valence-corrected chi connectivity index (χ1v) is 4.98. The van der Waals surface area contributed by atoms with E-state index in [0.717, 1.165) is 6.08 Å². The zero-order valence-corrected chi connectivity index (χ0v) is 8.56. The number of rotatable bonds is 5. The number of hydrogen-bond acceptors (Lipinski definition) is 5. The van der Waals surface area contributed by atoms with Crippen molar-refractivity contribution >= 4 is 13.8 Å². The molecule has 0 spiro atoms. The topological polar surface area (TPSA) is 102 Å². The molecule has 0 amide bonds. The summed E-state index contributed by atoms with van der Waals surface area (Å²) in [6.45, 7) is 5.61. The molecule has 7 nitrogen and oxygen atoms in total. The molecule has 0 saturated carbocycles. The second-order valence-electron chi connectivity index (χ2n) is 2.67. The Hall–Kier alpha value is -0.720. The molecule has 0 aromatic rings. The van der Waals surface area contributed by atoms with Crippen LogP contribution < -0.4 is 0 Å². The molecule has 0 unspecified atom stereocenters. The number of ether oxygens (including phenoxy) is 1. The summed E-state index contributed by atoms with van der Waals surface area (Å²) in [5.41, 5.74) is 0. The summed E-state index contributed by atoms with van der Waals surface area (Å²) in [6, 6.07) is 0. The molecule has 0 heterocycles. The third kappa shape index (κ3) is 6.76. The molecule has 0 bridgehead atoms. The number of phosphoric acid groups is 1. The van der Waals surface area contributed by atoms with E-state index in [4.69, 9.17) is 9.79 Å². The lowest BCUT2D eigenvalue weighted by atomic mass is 10.4. The van der Waals surface area contributed by atoms with E-state index in [-0.39, 0.29) is 0 Å². The zero-order valence-electron chi connectivity index (χ0n) is 7.67. The van der Waals surface area contributed by atoms with Crippen molar-refractivity contribution in [3.8, 4) is 0 Å². The predicted molar refractivity (Wildman–Crippen MR) is 44.6 cm³/mol. The highest BCUT2D eigenvalue weighted by Gasteiger charge is 2.28. The van der Waals surface area contributed by atoms with Crippen molar-refractivity contribution < 1.29 is 33.4 Å². The number of hydrogen-bond donors (Lipinski definition) is 2. The molecule has 14 heavy (non-hydrogen) atoms. The maximum absolute atomic E-state index is 10.7. The van der Waals surface area contributed by atoms with Crippen molar-refractivity contribution in [2.24, 2.45) is 0 Å². The summed E-state index contributed by atoms with van der Waals surface area (Å²) in [5.74, 6) is -2.41. The maximum atomic E-state index is 10.7. The van der Waals surface area contributed by atoms with Crippen molar-refractivity contribution in [2.75, 3.05) is 0 Å². The number of carbonyl (C=O) groups excluding carboxylic acids is 1. The van der Waals surface area contributed by atoms with Crippen molar-refractivity contribution in [3.63, 3.8) is 0 Å². The van der Waals surface area contributed by atoms with E-state index in [2.05, 4.69) is 20.9 Å². The molecule has 0 fully saturated rings. The van der Waals surface area contributed by atoms with Crippen molar-refractivity contribution in [1.82, 2.24) is 0 Å². The molecule has 2 N–H and O–H groups in total. The molecule has 82 valence electrons. The monoisotopic (exact) mass is 226 g/mol.